The second-order valence-corrected chi connectivity index (χ2v) is 3.86. The molecular weight excluding hydrogens is 258 g/mol. The van der Waals surface area contributed by atoms with Crippen molar-refractivity contribution in [2.75, 3.05) is 20.8 Å². The molecule has 4 heteroatoms. The van der Waals surface area contributed by atoms with Gasteiger partial charge in [0.05, 0.1) is 18.7 Å². The SMILES string of the molecule is C=C(CN)c1cc(Br)c(OC)c(OC)c1. The highest BCUT2D eigenvalue weighted by Gasteiger charge is 2.11. The summed E-state index contributed by atoms with van der Waals surface area (Å²) in [6, 6.07) is 3.77. The Morgan fingerprint density at radius 2 is 2.07 bits per heavy atom. The van der Waals surface area contributed by atoms with Crippen molar-refractivity contribution in [3.8, 4) is 11.5 Å². The van der Waals surface area contributed by atoms with Gasteiger partial charge in [-0.15, -0.1) is 0 Å². The van der Waals surface area contributed by atoms with E-state index in [1.807, 2.05) is 12.1 Å². The highest BCUT2D eigenvalue weighted by Crippen LogP contribution is 2.37. The van der Waals surface area contributed by atoms with Crippen molar-refractivity contribution >= 4 is 21.5 Å². The summed E-state index contributed by atoms with van der Waals surface area (Å²) in [4.78, 5) is 0. The molecule has 1 aromatic carbocycles. The topological polar surface area (TPSA) is 44.5 Å². The fourth-order valence-corrected chi connectivity index (χ4v) is 1.84. The van der Waals surface area contributed by atoms with Crippen LogP contribution >= 0.6 is 15.9 Å². The predicted molar refractivity (Wildman–Crippen MR) is 65.3 cm³/mol. The highest BCUT2D eigenvalue weighted by molar-refractivity contribution is 9.10. The first kappa shape index (κ1) is 12.1. The molecule has 0 saturated carbocycles. The van der Waals surface area contributed by atoms with Gasteiger partial charge in [-0.2, -0.15) is 0 Å². The Bertz CT molecular complexity index is 377. The van der Waals surface area contributed by atoms with Crippen LogP contribution in [0.25, 0.3) is 5.57 Å². The Hall–Kier alpha value is -1.00. The molecule has 2 N–H and O–H groups in total. The molecule has 0 radical (unpaired) electrons. The van der Waals surface area contributed by atoms with Gasteiger partial charge in [0.25, 0.3) is 0 Å². The minimum atomic E-state index is 0.419. The van der Waals surface area contributed by atoms with Crippen molar-refractivity contribution < 1.29 is 9.47 Å². The lowest BCUT2D eigenvalue weighted by atomic mass is 10.1. The second kappa shape index (κ2) is 5.19. The van der Waals surface area contributed by atoms with Crippen LogP contribution in [-0.4, -0.2) is 20.8 Å². The Morgan fingerprint density at radius 1 is 1.40 bits per heavy atom. The molecule has 0 unspecified atom stereocenters. The van der Waals surface area contributed by atoms with Crippen molar-refractivity contribution in [2.45, 2.75) is 0 Å². The lowest BCUT2D eigenvalue weighted by molar-refractivity contribution is 0.353. The van der Waals surface area contributed by atoms with Gasteiger partial charge in [-0.05, 0) is 39.2 Å². The maximum atomic E-state index is 5.53. The number of nitrogens with two attached hydrogens (primary N) is 1. The van der Waals surface area contributed by atoms with Gasteiger partial charge in [-0.3, -0.25) is 0 Å². The van der Waals surface area contributed by atoms with Gasteiger partial charge < -0.3 is 15.2 Å². The third kappa shape index (κ3) is 2.52. The van der Waals surface area contributed by atoms with Crippen LogP contribution in [0.4, 0.5) is 0 Å². The minimum Gasteiger partial charge on any atom is -0.493 e. The van der Waals surface area contributed by atoms with Crippen molar-refractivity contribution in [2.24, 2.45) is 5.73 Å². The average Bonchev–Trinajstić information content (AvgIpc) is 2.26. The van der Waals surface area contributed by atoms with Crippen LogP contribution in [0.3, 0.4) is 0 Å². The fourth-order valence-electron chi connectivity index (χ4n) is 1.24. The van der Waals surface area contributed by atoms with E-state index >= 15 is 0 Å². The second-order valence-electron chi connectivity index (χ2n) is 3.00. The number of methoxy groups -OCH3 is 2. The van der Waals surface area contributed by atoms with Crippen molar-refractivity contribution in [3.63, 3.8) is 0 Å². The van der Waals surface area contributed by atoms with E-state index < -0.39 is 0 Å². The van der Waals surface area contributed by atoms with Crippen molar-refractivity contribution in [1.29, 1.82) is 0 Å². The summed E-state index contributed by atoms with van der Waals surface area (Å²) in [7, 11) is 3.19. The number of halogens is 1. The van der Waals surface area contributed by atoms with E-state index in [2.05, 4.69) is 22.5 Å². The quantitative estimate of drug-likeness (QED) is 0.915. The molecule has 82 valence electrons. The van der Waals surface area contributed by atoms with Crippen LogP contribution in [-0.2, 0) is 0 Å². The average molecular weight is 272 g/mol. The van der Waals surface area contributed by atoms with Crippen LogP contribution in [0.2, 0.25) is 0 Å². The molecule has 0 aliphatic heterocycles. The molecule has 0 spiro atoms. The summed E-state index contributed by atoms with van der Waals surface area (Å²) in [6.45, 7) is 4.29. The zero-order valence-corrected chi connectivity index (χ0v) is 10.4. The third-order valence-electron chi connectivity index (χ3n) is 2.09. The lowest BCUT2D eigenvalue weighted by Crippen LogP contribution is -2.02. The van der Waals surface area contributed by atoms with Crippen LogP contribution in [0.15, 0.2) is 23.2 Å². The van der Waals surface area contributed by atoms with Gasteiger partial charge in [0.15, 0.2) is 11.5 Å². The van der Waals surface area contributed by atoms with Crippen molar-refractivity contribution in [1.82, 2.24) is 0 Å². The smallest absolute Gasteiger partial charge is 0.174 e. The first-order valence-corrected chi connectivity index (χ1v) is 5.23. The van der Waals surface area contributed by atoms with Crippen LogP contribution in [0.1, 0.15) is 5.56 Å². The molecule has 1 aromatic rings. The molecule has 0 atom stereocenters. The van der Waals surface area contributed by atoms with Crippen LogP contribution in [0, 0.1) is 0 Å². The molecule has 3 nitrogen and oxygen atoms in total. The number of hydrogen-bond acceptors (Lipinski definition) is 3. The van der Waals surface area contributed by atoms with E-state index in [0.29, 0.717) is 18.0 Å². The summed E-state index contributed by atoms with van der Waals surface area (Å²) in [5, 5.41) is 0. The monoisotopic (exact) mass is 271 g/mol. The number of hydrogen-bond donors (Lipinski definition) is 1. The van der Waals surface area contributed by atoms with Gasteiger partial charge in [-0.1, -0.05) is 6.58 Å². The van der Waals surface area contributed by atoms with Gasteiger partial charge in [0.2, 0.25) is 0 Å². The summed E-state index contributed by atoms with van der Waals surface area (Å²) in [5.41, 5.74) is 7.33. The predicted octanol–water partition coefficient (Wildman–Crippen LogP) is 2.44. The van der Waals surface area contributed by atoms with E-state index in [9.17, 15) is 0 Å². The molecule has 0 aliphatic carbocycles. The standard InChI is InChI=1S/C11H14BrNO2/c1-7(6-13)8-4-9(12)11(15-3)10(5-8)14-2/h4-5H,1,6,13H2,2-3H3. The van der Waals surface area contributed by atoms with E-state index in [4.69, 9.17) is 15.2 Å². The maximum absolute atomic E-state index is 5.53. The van der Waals surface area contributed by atoms with E-state index in [-0.39, 0.29) is 0 Å². The summed E-state index contributed by atoms with van der Waals surface area (Å²) in [6.07, 6.45) is 0. The van der Waals surface area contributed by atoms with Gasteiger partial charge in [-0.25, -0.2) is 0 Å². The van der Waals surface area contributed by atoms with E-state index in [1.165, 1.54) is 0 Å². The molecule has 0 heterocycles. The molecule has 0 aromatic heterocycles. The lowest BCUT2D eigenvalue weighted by Gasteiger charge is -2.12. The summed E-state index contributed by atoms with van der Waals surface area (Å²) < 4.78 is 11.2. The minimum absolute atomic E-state index is 0.419. The van der Waals surface area contributed by atoms with Gasteiger partial charge in [0, 0.05) is 6.54 Å². The van der Waals surface area contributed by atoms with Gasteiger partial charge in [0.1, 0.15) is 0 Å². The summed E-state index contributed by atoms with van der Waals surface area (Å²) >= 11 is 3.41. The number of rotatable bonds is 4. The molecule has 1 rings (SSSR count). The molecular formula is C11H14BrNO2. The molecule has 15 heavy (non-hydrogen) atoms. The maximum Gasteiger partial charge on any atom is 0.174 e. The van der Waals surface area contributed by atoms with E-state index in [0.717, 1.165) is 15.6 Å². The van der Waals surface area contributed by atoms with Crippen LogP contribution in [0.5, 0.6) is 11.5 Å². The number of benzene rings is 1. The number of ether oxygens (including phenoxy) is 2. The molecule has 0 saturated heterocycles. The Kier molecular flexibility index (Phi) is 4.17. The largest absolute Gasteiger partial charge is 0.493 e. The fraction of sp³-hybridized carbons (Fsp3) is 0.273. The highest BCUT2D eigenvalue weighted by atomic mass is 79.9. The van der Waals surface area contributed by atoms with Crippen LogP contribution < -0.4 is 15.2 Å². The third-order valence-corrected chi connectivity index (χ3v) is 2.68. The first-order chi connectivity index (χ1) is 7.13. The Labute approximate surface area is 98.0 Å². The van der Waals surface area contributed by atoms with E-state index in [1.54, 1.807) is 14.2 Å². The molecule has 0 fully saturated rings. The molecule has 0 aliphatic rings. The molecule has 0 bridgehead atoms. The zero-order valence-electron chi connectivity index (χ0n) is 8.84. The normalized spacial score (nSPS) is 9.87. The first-order valence-electron chi connectivity index (χ1n) is 4.43. The van der Waals surface area contributed by atoms with Crippen molar-refractivity contribution in [3.05, 3.63) is 28.7 Å². The van der Waals surface area contributed by atoms with Gasteiger partial charge >= 0.3 is 0 Å². The summed E-state index contributed by atoms with van der Waals surface area (Å²) in [5.74, 6) is 1.34. The zero-order chi connectivity index (χ0) is 11.4. The Morgan fingerprint density at radius 3 is 2.53 bits per heavy atom. The molecule has 0 amide bonds. The Balaban J connectivity index is 3.25.